The standard InChI is InChI=1S/C14H11BrFNO2/c1-19-13-8-10(15)4-7-12(13)17-14(18)9-2-5-11(16)6-3-9/h2-8H,1H3,(H,17,18). The van der Waals surface area contributed by atoms with Crippen molar-refractivity contribution < 1.29 is 13.9 Å². The summed E-state index contributed by atoms with van der Waals surface area (Å²) in [5.74, 6) is -0.150. The zero-order valence-electron chi connectivity index (χ0n) is 10.1. The fourth-order valence-electron chi connectivity index (χ4n) is 1.56. The molecule has 0 bridgehead atoms. The molecule has 0 fully saturated rings. The summed E-state index contributed by atoms with van der Waals surface area (Å²) in [6, 6.07) is 10.6. The van der Waals surface area contributed by atoms with Gasteiger partial charge >= 0.3 is 0 Å². The van der Waals surface area contributed by atoms with Crippen LogP contribution in [0.3, 0.4) is 0 Å². The summed E-state index contributed by atoms with van der Waals surface area (Å²) in [4.78, 5) is 12.0. The number of methoxy groups -OCH3 is 1. The Hall–Kier alpha value is -1.88. The molecule has 2 aromatic rings. The minimum Gasteiger partial charge on any atom is -0.495 e. The Morgan fingerprint density at radius 3 is 2.53 bits per heavy atom. The molecule has 0 aromatic heterocycles. The third-order valence-corrected chi connectivity index (χ3v) is 3.01. The molecule has 0 aliphatic rings. The summed E-state index contributed by atoms with van der Waals surface area (Å²) in [6.07, 6.45) is 0. The second-order valence-corrected chi connectivity index (χ2v) is 4.72. The number of ether oxygens (including phenoxy) is 1. The maximum Gasteiger partial charge on any atom is 0.255 e. The van der Waals surface area contributed by atoms with E-state index in [0.717, 1.165) is 4.47 Å². The predicted octanol–water partition coefficient (Wildman–Crippen LogP) is 3.85. The summed E-state index contributed by atoms with van der Waals surface area (Å²) in [7, 11) is 1.52. The summed E-state index contributed by atoms with van der Waals surface area (Å²) >= 11 is 3.32. The zero-order chi connectivity index (χ0) is 13.8. The number of hydrogen-bond acceptors (Lipinski definition) is 2. The molecular weight excluding hydrogens is 313 g/mol. The van der Waals surface area contributed by atoms with Crippen molar-refractivity contribution in [3.63, 3.8) is 0 Å². The molecule has 0 saturated heterocycles. The Balaban J connectivity index is 2.21. The maximum absolute atomic E-state index is 12.8. The number of carbonyl (C=O) groups is 1. The first-order valence-corrected chi connectivity index (χ1v) is 6.30. The van der Waals surface area contributed by atoms with Crippen molar-refractivity contribution in [3.05, 3.63) is 58.3 Å². The van der Waals surface area contributed by atoms with Gasteiger partial charge in [0.1, 0.15) is 11.6 Å². The third kappa shape index (κ3) is 3.32. The Kier molecular flexibility index (Phi) is 4.16. The average molecular weight is 324 g/mol. The largest absolute Gasteiger partial charge is 0.495 e. The van der Waals surface area contributed by atoms with Crippen LogP contribution < -0.4 is 10.1 Å². The summed E-state index contributed by atoms with van der Waals surface area (Å²) in [6.45, 7) is 0. The van der Waals surface area contributed by atoms with Gasteiger partial charge in [-0.1, -0.05) is 15.9 Å². The molecule has 1 N–H and O–H groups in total. The van der Waals surface area contributed by atoms with Crippen molar-refractivity contribution in [2.75, 3.05) is 12.4 Å². The fourth-order valence-corrected chi connectivity index (χ4v) is 1.90. The first kappa shape index (κ1) is 13.5. The van der Waals surface area contributed by atoms with Crippen LogP contribution in [0.1, 0.15) is 10.4 Å². The number of hydrogen-bond donors (Lipinski definition) is 1. The number of benzene rings is 2. The van der Waals surface area contributed by atoms with Gasteiger partial charge in [0, 0.05) is 10.0 Å². The second kappa shape index (κ2) is 5.84. The van der Waals surface area contributed by atoms with E-state index in [1.165, 1.54) is 31.4 Å². The molecule has 5 heteroatoms. The molecule has 2 aromatic carbocycles. The zero-order valence-corrected chi connectivity index (χ0v) is 11.7. The van der Waals surface area contributed by atoms with Crippen molar-refractivity contribution >= 4 is 27.5 Å². The van der Waals surface area contributed by atoms with Crippen LogP contribution in [0, 0.1) is 5.82 Å². The number of rotatable bonds is 3. The van der Waals surface area contributed by atoms with E-state index >= 15 is 0 Å². The van der Waals surface area contributed by atoms with Gasteiger partial charge in [-0.15, -0.1) is 0 Å². The van der Waals surface area contributed by atoms with Crippen LogP contribution in [-0.4, -0.2) is 13.0 Å². The van der Waals surface area contributed by atoms with E-state index in [2.05, 4.69) is 21.2 Å². The fraction of sp³-hybridized carbons (Fsp3) is 0.0714. The average Bonchev–Trinajstić information content (AvgIpc) is 2.41. The maximum atomic E-state index is 12.8. The molecule has 0 spiro atoms. The molecule has 1 amide bonds. The normalized spacial score (nSPS) is 10.1. The molecule has 0 radical (unpaired) electrons. The molecule has 19 heavy (non-hydrogen) atoms. The van der Waals surface area contributed by atoms with E-state index in [1.807, 2.05) is 0 Å². The first-order chi connectivity index (χ1) is 9.10. The van der Waals surface area contributed by atoms with Gasteiger partial charge in [-0.3, -0.25) is 4.79 Å². The van der Waals surface area contributed by atoms with Crippen molar-refractivity contribution in [3.8, 4) is 5.75 Å². The SMILES string of the molecule is COc1cc(Br)ccc1NC(=O)c1ccc(F)cc1. The van der Waals surface area contributed by atoms with Gasteiger partial charge in [0.2, 0.25) is 0 Å². The Morgan fingerprint density at radius 2 is 1.89 bits per heavy atom. The van der Waals surface area contributed by atoms with Gasteiger partial charge in [0.15, 0.2) is 0 Å². The summed E-state index contributed by atoms with van der Waals surface area (Å²) in [5, 5.41) is 2.72. The van der Waals surface area contributed by atoms with Gasteiger partial charge in [-0.05, 0) is 42.5 Å². The van der Waals surface area contributed by atoms with Crippen molar-refractivity contribution in [1.82, 2.24) is 0 Å². The highest BCUT2D eigenvalue weighted by atomic mass is 79.9. The minimum atomic E-state index is -0.377. The quantitative estimate of drug-likeness (QED) is 0.931. The molecule has 0 saturated carbocycles. The molecule has 0 aliphatic heterocycles. The lowest BCUT2D eigenvalue weighted by Crippen LogP contribution is -2.12. The van der Waals surface area contributed by atoms with Crippen LogP contribution in [0.2, 0.25) is 0 Å². The van der Waals surface area contributed by atoms with Gasteiger partial charge < -0.3 is 10.1 Å². The molecule has 0 heterocycles. The number of carbonyl (C=O) groups excluding carboxylic acids is 1. The number of amides is 1. The number of nitrogens with one attached hydrogen (secondary N) is 1. The summed E-state index contributed by atoms with van der Waals surface area (Å²) in [5.41, 5.74) is 0.936. The van der Waals surface area contributed by atoms with Crippen LogP contribution >= 0.6 is 15.9 Å². The van der Waals surface area contributed by atoms with Gasteiger partial charge in [0.25, 0.3) is 5.91 Å². The van der Waals surface area contributed by atoms with E-state index in [-0.39, 0.29) is 11.7 Å². The Bertz CT molecular complexity index is 599. The van der Waals surface area contributed by atoms with Crippen LogP contribution in [0.4, 0.5) is 10.1 Å². The Labute approximate surface area is 118 Å². The first-order valence-electron chi connectivity index (χ1n) is 5.50. The lowest BCUT2D eigenvalue weighted by molar-refractivity contribution is 0.102. The van der Waals surface area contributed by atoms with Crippen LogP contribution in [-0.2, 0) is 0 Å². The second-order valence-electron chi connectivity index (χ2n) is 3.81. The highest BCUT2D eigenvalue weighted by Gasteiger charge is 2.10. The molecule has 0 atom stereocenters. The predicted molar refractivity (Wildman–Crippen MR) is 75.0 cm³/mol. The third-order valence-electron chi connectivity index (χ3n) is 2.52. The molecular formula is C14H11BrFNO2. The van der Waals surface area contributed by atoms with Gasteiger partial charge in [0.05, 0.1) is 12.8 Å². The smallest absolute Gasteiger partial charge is 0.255 e. The van der Waals surface area contributed by atoms with E-state index in [1.54, 1.807) is 18.2 Å². The van der Waals surface area contributed by atoms with E-state index < -0.39 is 0 Å². The molecule has 0 unspecified atom stereocenters. The van der Waals surface area contributed by atoms with Crippen molar-refractivity contribution in [2.45, 2.75) is 0 Å². The van der Waals surface area contributed by atoms with Gasteiger partial charge in [-0.2, -0.15) is 0 Å². The minimum absolute atomic E-state index is 0.319. The van der Waals surface area contributed by atoms with Crippen LogP contribution in [0.5, 0.6) is 5.75 Å². The number of anilines is 1. The van der Waals surface area contributed by atoms with E-state index in [9.17, 15) is 9.18 Å². The Morgan fingerprint density at radius 1 is 1.21 bits per heavy atom. The lowest BCUT2D eigenvalue weighted by atomic mass is 10.2. The molecule has 98 valence electrons. The molecule has 0 aliphatic carbocycles. The highest BCUT2D eigenvalue weighted by Crippen LogP contribution is 2.28. The lowest BCUT2D eigenvalue weighted by Gasteiger charge is -2.10. The van der Waals surface area contributed by atoms with Crippen molar-refractivity contribution in [2.24, 2.45) is 0 Å². The van der Waals surface area contributed by atoms with Gasteiger partial charge in [-0.25, -0.2) is 4.39 Å². The molecule has 2 rings (SSSR count). The summed E-state index contributed by atoms with van der Waals surface area (Å²) < 4.78 is 18.8. The van der Waals surface area contributed by atoms with Crippen molar-refractivity contribution in [1.29, 1.82) is 0 Å². The van der Waals surface area contributed by atoms with Crippen LogP contribution in [0.15, 0.2) is 46.9 Å². The van der Waals surface area contributed by atoms with E-state index in [0.29, 0.717) is 17.0 Å². The van der Waals surface area contributed by atoms with Crippen LogP contribution in [0.25, 0.3) is 0 Å². The van der Waals surface area contributed by atoms with E-state index in [4.69, 9.17) is 4.74 Å². The highest BCUT2D eigenvalue weighted by molar-refractivity contribution is 9.10. The topological polar surface area (TPSA) is 38.3 Å². The number of halogens is 2. The molecule has 3 nitrogen and oxygen atoms in total. The monoisotopic (exact) mass is 323 g/mol.